The molecular weight excluding hydrogens is 412 g/mol. The number of benzene rings is 2. The number of nitrogens with zero attached hydrogens (tertiary/aromatic N) is 2. The number of methoxy groups -OCH3 is 1. The number of hydrazone groups is 1. The molecule has 0 saturated heterocycles. The highest BCUT2D eigenvalue weighted by molar-refractivity contribution is 9.10. The third kappa shape index (κ3) is 4.35. The van der Waals surface area contributed by atoms with Gasteiger partial charge in [-0.15, -0.1) is 0 Å². The highest BCUT2D eigenvalue weighted by atomic mass is 79.9. The number of amides is 1. The number of rotatable bonds is 5. The van der Waals surface area contributed by atoms with Gasteiger partial charge in [0.1, 0.15) is 5.69 Å². The van der Waals surface area contributed by atoms with Crippen LogP contribution in [-0.4, -0.2) is 34.5 Å². The molecule has 27 heavy (non-hydrogen) atoms. The average molecular weight is 429 g/mol. The monoisotopic (exact) mass is 428 g/mol. The van der Waals surface area contributed by atoms with Crippen LogP contribution in [0.5, 0.6) is 11.5 Å². The number of ether oxygens (including phenoxy) is 1. The molecule has 7 nitrogen and oxygen atoms in total. The Morgan fingerprint density at radius 3 is 2.74 bits per heavy atom. The molecule has 138 valence electrons. The van der Waals surface area contributed by atoms with Crippen LogP contribution in [0.3, 0.4) is 0 Å². The first-order valence-electron chi connectivity index (χ1n) is 8.00. The maximum atomic E-state index is 12.2. The van der Waals surface area contributed by atoms with Gasteiger partial charge in [0, 0.05) is 5.56 Å². The number of nitrogens with one attached hydrogen (secondary N) is 2. The number of aromatic nitrogens is 2. The van der Waals surface area contributed by atoms with Crippen LogP contribution in [0.2, 0.25) is 0 Å². The Labute approximate surface area is 164 Å². The maximum absolute atomic E-state index is 12.2. The molecular formula is C19H17BrN4O3. The Morgan fingerprint density at radius 1 is 1.30 bits per heavy atom. The molecule has 1 amide bonds. The van der Waals surface area contributed by atoms with Crippen LogP contribution in [0.4, 0.5) is 0 Å². The van der Waals surface area contributed by atoms with Crippen LogP contribution < -0.4 is 10.2 Å². The lowest BCUT2D eigenvalue weighted by Crippen LogP contribution is -2.18. The Bertz CT molecular complexity index is 997. The lowest BCUT2D eigenvalue weighted by molar-refractivity contribution is 0.0950. The zero-order valence-corrected chi connectivity index (χ0v) is 16.2. The zero-order valence-electron chi connectivity index (χ0n) is 14.7. The minimum atomic E-state index is -0.415. The van der Waals surface area contributed by atoms with Crippen LogP contribution in [-0.2, 0) is 0 Å². The van der Waals surface area contributed by atoms with Crippen LogP contribution in [0.15, 0.2) is 52.0 Å². The first-order valence-corrected chi connectivity index (χ1v) is 8.79. The number of H-pyrrole nitrogens is 1. The molecule has 1 aromatic heterocycles. The standard InChI is InChI=1S/C19H17BrN4O3/c1-11-3-5-13(6-4-11)15-9-16(23-22-15)19(26)24-21-10-12-7-14(20)18(25)17(8-12)27-2/h3-10,25H,1-2H3,(H,22,23)(H,24,26)/b21-10+. The van der Waals surface area contributed by atoms with E-state index in [4.69, 9.17) is 4.74 Å². The van der Waals surface area contributed by atoms with Crippen molar-refractivity contribution in [3.63, 3.8) is 0 Å². The summed E-state index contributed by atoms with van der Waals surface area (Å²) >= 11 is 3.23. The van der Waals surface area contributed by atoms with E-state index in [9.17, 15) is 9.90 Å². The molecule has 0 fully saturated rings. The van der Waals surface area contributed by atoms with Crippen LogP contribution in [0.25, 0.3) is 11.3 Å². The number of phenols is 1. The van der Waals surface area contributed by atoms with E-state index in [0.717, 1.165) is 11.1 Å². The van der Waals surface area contributed by atoms with Crippen molar-refractivity contribution in [2.24, 2.45) is 5.10 Å². The Balaban J connectivity index is 1.69. The molecule has 3 rings (SSSR count). The predicted octanol–water partition coefficient (Wildman–Crippen LogP) is 3.63. The summed E-state index contributed by atoms with van der Waals surface area (Å²) in [4.78, 5) is 12.2. The molecule has 0 unspecified atom stereocenters. The summed E-state index contributed by atoms with van der Waals surface area (Å²) < 4.78 is 5.54. The average Bonchev–Trinajstić information content (AvgIpc) is 3.15. The van der Waals surface area contributed by atoms with E-state index in [1.807, 2.05) is 31.2 Å². The van der Waals surface area contributed by atoms with Gasteiger partial charge in [-0.3, -0.25) is 9.89 Å². The van der Waals surface area contributed by atoms with Gasteiger partial charge in [0.05, 0.1) is 23.5 Å². The molecule has 0 aliphatic rings. The quantitative estimate of drug-likeness (QED) is 0.426. The second-order valence-electron chi connectivity index (χ2n) is 5.79. The first-order chi connectivity index (χ1) is 13.0. The largest absolute Gasteiger partial charge is 0.503 e. The minimum absolute atomic E-state index is 0.000203. The van der Waals surface area contributed by atoms with E-state index < -0.39 is 5.91 Å². The first kappa shape index (κ1) is 18.7. The number of phenolic OH excluding ortho intramolecular Hbond substituents is 1. The SMILES string of the molecule is COc1cc(/C=N/NC(=O)c2cc(-c3ccc(C)cc3)n[nH]2)cc(Br)c1O. The number of aryl methyl sites for hydroxylation is 1. The molecule has 8 heteroatoms. The fraction of sp³-hybridized carbons (Fsp3) is 0.105. The molecule has 3 N–H and O–H groups in total. The Morgan fingerprint density at radius 2 is 2.04 bits per heavy atom. The van der Waals surface area contributed by atoms with Crippen LogP contribution >= 0.6 is 15.9 Å². The molecule has 1 heterocycles. The fourth-order valence-corrected chi connectivity index (χ4v) is 2.82. The van der Waals surface area contributed by atoms with Crippen molar-refractivity contribution < 1.29 is 14.6 Å². The Hall–Kier alpha value is -3.13. The third-order valence-electron chi connectivity index (χ3n) is 3.82. The molecule has 0 saturated carbocycles. The molecule has 0 atom stereocenters. The minimum Gasteiger partial charge on any atom is -0.503 e. The molecule has 0 radical (unpaired) electrons. The lowest BCUT2D eigenvalue weighted by atomic mass is 10.1. The van der Waals surface area contributed by atoms with Crippen LogP contribution in [0, 0.1) is 6.92 Å². The van der Waals surface area contributed by atoms with Gasteiger partial charge >= 0.3 is 0 Å². The number of aromatic amines is 1. The van der Waals surface area contributed by atoms with Crippen molar-refractivity contribution in [3.8, 4) is 22.8 Å². The second-order valence-corrected chi connectivity index (χ2v) is 6.64. The van der Waals surface area contributed by atoms with E-state index in [1.165, 1.54) is 13.3 Å². The highest BCUT2D eigenvalue weighted by Crippen LogP contribution is 2.34. The number of carbonyl (C=O) groups is 1. The van der Waals surface area contributed by atoms with E-state index in [2.05, 4.69) is 36.7 Å². The van der Waals surface area contributed by atoms with Crippen molar-refractivity contribution in [2.75, 3.05) is 7.11 Å². The second kappa shape index (κ2) is 8.05. The van der Waals surface area contributed by atoms with Gasteiger partial charge in [-0.25, -0.2) is 5.43 Å². The van der Waals surface area contributed by atoms with Crippen molar-refractivity contribution in [3.05, 3.63) is 63.8 Å². The highest BCUT2D eigenvalue weighted by Gasteiger charge is 2.11. The van der Waals surface area contributed by atoms with Gasteiger partial charge in [-0.1, -0.05) is 29.8 Å². The summed E-state index contributed by atoms with van der Waals surface area (Å²) in [6.07, 6.45) is 1.45. The molecule has 0 bridgehead atoms. The Kier molecular flexibility index (Phi) is 5.56. The lowest BCUT2D eigenvalue weighted by Gasteiger charge is -2.06. The van der Waals surface area contributed by atoms with Crippen molar-refractivity contribution >= 4 is 28.1 Å². The summed E-state index contributed by atoms with van der Waals surface area (Å²) in [7, 11) is 1.45. The predicted molar refractivity (Wildman–Crippen MR) is 106 cm³/mol. The number of aromatic hydroxyl groups is 1. The summed E-state index contributed by atoms with van der Waals surface area (Å²) in [5.74, 6) is -0.116. The molecule has 3 aromatic rings. The van der Waals surface area contributed by atoms with E-state index >= 15 is 0 Å². The van der Waals surface area contributed by atoms with Crippen LogP contribution in [0.1, 0.15) is 21.6 Å². The van der Waals surface area contributed by atoms with E-state index in [-0.39, 0.29) is 5.75 Å². The van der Waals surface area contributed by atoms with E-state index in [0.29, 0.717) is 27.2 Å². The summed E-state index contributed by atoms with van der Waals surface area (Å²) in [5.41, 5.74) is 6.12. The maximum Gasteiger partial charge on any atom is 0.289 e. The van der Waals surface area contributed by atoms with Gasteiger partial charge in [-0.2, -0.15) is 10.2 Å². The fourth-order valence-electron chi connectivity index (χ4n) is 2.36. The third-order valence-corrected chi connectivity index (χ3v) is 4.42. The van der Waals surface area contributed by atoms with Gasteiger partial charge < -0.3 is 9.84 Å². The topological polar surface area (TPSA) is 99.6 Å². The molecule has 2 aromatic carbocycles. The van der Waals surface area contributed by atoms with Gasteiger partial charge in [-0.05, 0) is 46.6 Å². The normalized spacial score (nSPS) is 10.9. The van der Waals surface area contributed by atoms with Crippen molar-refractivity contribution in [2.45, 2.75) is 6.92 Å². The van der Waals surface area contributed by atoms with Gasteiger partial charge in [0.2, 0.25) is 0 Å². The summed E-state index contributed by atoms with van der Waals surface area (Å²) in [6, 6.07) is 12.8. The van der Waals surface area contributed by atoms with Crippen molar-refractivity contribution in [1.29, 1.82) is 0 Å². The number of hydrogen-bond donors (Lipinski definition) is 3. The van der Waals surface area contributed by atoms with Gasteiger partial charge in [0.15, 0.2) is 11.5 Å². The number of carbonyl (C=O) groups excluding carboxylic acids is 1. The van der Waals surface area contributed by atoms with Gasteiger partial charge in [0.25, 0.3) is 5.91 Å². The summed E-state index contributed by atoms with van der Waals surface area (Å²) in [6.45, 7) is 2.01. The summed E-state index contributed by atoms with van der Waals surface area (Å²) in [5, 5.41) is 20.6. The molecule has 0 aliphatic heterocycles. The number of hydrogen-bond acceptors (Lipinski definition) is 5. The molecule has 0 aliphatic carbocycles. The smallest absolute Gasteiger partial charge is 0.289 e. The zero-order chi connectivity index (χ0) is 19.4. The number of halogens is 1. The van der Waals surface area contributed by atoms with E-state index in [1.54, 1.807) is 18.2 Å². The molecule has 0 spiro atoms. The van der Waals surface area contributed by atoms with Crippen molar-refractivity contribution in [1.82, 2.24) is 15.6 Å².